The quantitative estimate of drug-likeness (QED) is 0.768. The topological polar surface area (TPSA) is 47.9 Å². The first kappa shape index (κ1) is 14.3. The SMILES string of the molecule is COCCOCCC(O)c1cccc2c1OCCC2. The predicted octanol–water partition coefficient (Wildman–Crippen LogP) is 2.10. The molecule has 2 rings (SSSR count). The summed E-state index contributed by atoms with van der Waals surface area (Å²) in [5, 5.41) is 10.2. The molecule has 106 valence electrons. The van der Waals surface area contributed by atoms with Crippen LogP contribution in [0.3, 0.4) is 0 Å². The summed E-state index contributed by atoms with van der Waals surface area (Å²) in [5.41, 5.74) is 2.08. The summed E-state index contributed by atoms with van der Waals surface area (Å²) in [6.07, 6.45) is 2.12. The first-order chi connectivity index (χ1) is 9.33. The zero-order valence-corrected chi connectivity index (χ0v) is 11.4. The van der Waals surface area contributed by atoms with Gasteiger partial charge in [-0.1, -0.05) is 18.2 Å². The van der Waals surface area contributed by atoms with E-state index in [0.717, 1.165) is 30.8 Å². The van der Waals surface area contributed by atoms with Gasteiger partial charge in [-0.25, -0.2) is 0 Å². The van der Waals surface area contributed by atoms with Gasteiger partial charge in [0.25, 0.3) is 0 Å². The summed E-state index contributed by atoms with van der Waals surface area (Å²) in [4.78, 5) is 0. The number of para-hydroxylation sites is 1. The van der Waals surface area contributed by atoms with Crippen LogP contribution in [0.15, 0.2) is 18.2 Å². The first-order valence-electron chi connectivity index (χ1n) is 6.82. The Balaban J connectivity index is 1.90. The van der Waals surface area contributed by atoms with Gasteiger partial charge in [-0.15, -0.1) is 0 Å². The molecule has 0 saturated heterocycles. The Kier molecular flexibility index (Phi) is 5.63. The average molecular weight is 266 g/mol. The second kappa shape index (κ2) is 7.48. The van der Waals surface area contributed by atoms with E-state index < -0.39 is 6.10 Å². The molecule has 0 bridgehead atoms. The van der Waals surface area contributed by atoms with Crippen LogP contribution in [0, 0.1) is 0 Å². The number of hydrogen-bond acceptors (Lipinski definition) is 4. The van der Waals surface area contributed by atoms with Crippen molar-refractivity contribution in [1.82, 2.24) is 0 Å². The Morgan fingerprint density at radius 1 is 1.32 bits per heavy atom. The van der Waals surface area contributed by atoms with Crippen LogP contribution in [0.4, 0.5) is 0 Å². The minimum absolute atomic E-state index is 0.522. The molecule has 1 N–H and O–H groups in total. The number of methoxy groups -OCH3 is 1. The monoisotopic (exact) mass is 266 g/mol. The van der Waals surface area contributed by atoms with Gasteiger partial charge in [0.05, 0.1) is 25.9 Å². The van der Waals surface area contributed by atoms with Crippen molar-refractivity contribution in [2.24, 2.45) is 0 Å². The van der Waals surface area contributed by atoms with Crippen LogP contribution in [-0.2, 0) is 15.9 Å². The van der Waals surface area contributed by atoms with E-state index in [1.165, 1.54) is 5.56 Å². The Labute approximate surface area is 114 Å². The third-order valence-corrected chi connectivity index (χ3v) is 3.29. The number of rotatable bonds is 7. The van der Waals surface area contributed by atoms with Crippen molar-refractivity contribution < 1.29 is 19.3 Å². The van der Waals surface area contributed by atoms with Gasteiger partial charge in [-0.3, -0.25) is 0 Å². The van der Waals surface area contributed by atoms with Gasteiger partial charge < -0.3 is 19.3 Å². The molecule has 0 amide bonds. The van der Waals surface area contributed by atoms with Crippen molar-refractivity contribution in [3.05, 3.63) is 29.3 Å². The number of aliphatic hydroxyl groups is 1. The number of aliphatic hydroxyl groups excluding tert-OH is 1. The molecule has 1 aliphatic heterocycles. The lowest BCUT2D eigenvalue weighted by Crippen LogP contribution is -2.13. The standard InChI is InChI=1S/C15H22O4/c1-17-10-11-18-9-7-14(16)13-6-2-4-12-5-3-8-19-15(12)13/h2,4,6,14,16H,3,5,7-11H2,1H3. The molecule has 1 aliphatic rings. The van der Waals surface area contributed by atoms with Crippen LogP contribution in [0.5, 0.6) is 5.75 Å². The Hall–Kier alpha value is -1.10. The van der Waals surface area contributed by atoms with Crippen LogP contribution in [0.25, 0.3) is 0 Å². The summed E-state index contributed by atoms with van der Waals surface area (Å²) in [5.74, 6) is 0.873. The van der Waals surface area contributed by atoms with Crippen LogP contribution in [-0.4, -0.2) is 38.6 Å². The lowest BCUT2D eigenvalue weighted by atomic mass is 9.98. The van der Waals surface area contributed by atoms with E-state index >= 15 is 0 Å². The summed E-state index contributed by atoms with van der Waals surface area (Å²) in [7, 11) is 1.64. The Morgan fingerprint density at radius 3 is 3.05 bits per heavy atom. The Morgan fingerprint density at radius 2 is 2.21 bits per heavy atom. The molecule has 0 aliphatic carbocycles. The highest BCUT2D eigenvalue weighted by molar-refractivity contribution is 5.43. The molecule has 1 aromatic rings. The number of ether oxygens (including phenoxy) is 3. The number of benzene rings is 1. The maximum absolute atomic E-state index is 10.2. The third kappa shape index (κ3) is 3.93. The number of aryl methyl sites for hydroxylation is 1. The molecule has 4 nitrogen and oxygen atoms in total. The second-order valence-corrected chi connectivity index (χ2v) is 4.70. The molecule has 19 heavy (non-hydrogen) atoms. The van der Waals surface area contributed by atoms with Crippen molar-refractivity contribution in [2.75, 3.05) is 33.5 Å². The highest BCUT2D eigenvalue weighted by Gasteiger charge is 2.19. The molecule has 4 heteroatoms. The van der Waals surface area contributed by atoms with Gasteiger partial charge >= 0.3 is 0 Å². The van der Waals surface area contributed by atoms with E-state index in [2.05, 4.69) is 6.07 Å². The van der Waals surface area contributed by atoms with E-state index in [1.807, 2.05) is 12.1 Å². The number of hydrogen-bond donors (Lipinski definition) is 1. The van der Waals surface area contributed by atoms with Crippen molar-refractivity contribution in [1.29, 1.82) is 0 Å². The van der Waals surface area contributed by atoms with Gasteiger partial charge in [0.15, 0.2) is 0 Å². The fourth-order valence-electron chi connectivity index (χ4n) is 2.27. The largest absolute Gasteiger partial charge is 0.493 e. The van der Waals surface area contributed by atoms with Crippen LogP contribution < -0.4 is 4.74 Å². The summed E-state index contributed by atoms with van der Waals surface area (Å²) >= 11 is 0. The van der Waals surface area contributed by atoms with E-state index in [0.29, 0.717) is 26.2 Å². The van der Waals surface area contributed by atoms with Crippen molar-refractivity contribution in [2.45, 2.75) is 25.4 Å². The van der Waals surface area contributed by atoms with Gasteiger partial charge in [-0.05, 0) is 18.4 Å². The van der Waals surface area contributed by atoms with Gasteiger partial charge in [0, 0.05) is 25.7 Å². The zero-order chi connectivity index (χ0) is 13.5. The minimum Gasteiger partial charge on any atom is -0.493 e. The molecule has 0 aromatic heterocycles. The van der Waals surface area contributed by atoms with Crippen molar-refractivity contribution >= 4 is 0 Å². The molecule has 0 fully saturated rings. The lowest BCUT2D eigenvalue weighted by Gasteiger charge is -2.22. The first-order valence-corrected chi connectivity index (χ1v) is 6.82. The normalized spacial score (nSPS) is 15.7. The van der Waals surface area contributed by atoms with E-state index in [4.69, 9.17) is 14.2 Å². The predicted molar refractivity (Wildman–Crippen MR) is 72.5 cm³/mol. The molecule has 1 aromatic carbocycles. The van der Waals surface area contributed by atoms with Crippen LogP contribution >= 0.6 is 0 Å². The fraction of sp³-hybridized carbons (Fsp3) is 0.600. The number of fused-ring (bicyclic) bond motifs is 1. The lowest BCUT2D eigenvalue weighted by molar-refractivity contribution is 0.0468. The highest BCUT2D eigenvalue weighted by Crippen LogP contribution is 2.33. The third-order valence-electron chi connectivity index (χ3n) is 3.29. The van der Waals surface area contributed by atoms with Crippen LogP contribution in [0.2, 0.25) is 0 Å². The highest BCUT2D eigenvalue weighted by atomic mass is 16.5. The summed E-state index contributed by atoms with van der Waals surface area (Å²) in [6, 6.07) is 5.99. The fourth-order valence-corrected chi connectivity index (χ4v) is 2.27. The van der Waals surface area contributed by atoms with Crippen LogP contribution in [0.1, 0.15) is 30.1 Å². The molecule has 1 unspecified atom stereocenters. The van der Waals surface area contributed by atoms with E-state index in [1.54, 1.807) is 7.11 Å². The Bertz CT molecular complexity index is 392. The van der Waals surface area contributed by atoms with Gasteiger partial charge in [0.2, 0.25) is 0 Å². The van der Waals surface area contributed by atoms with Crippen molar-refractivity contribution in [3.63, 3.8) is 0 Å². The van der Waals surface area contributed by atoms with Gasteiger partial charge in [0.1, 0.15) is 5.75 Å². The molecule has 1 heterocycles. The van der Waals surface area contributed by atoms with Crippen molar-refractivity contribution in [3.8, 4) is 5.75 Å². The summed E-state index contributed by atoms with van der Waals surface area (Å²) in [6.45, 7) is 2.40. The molecular weight excluding hydrogens is 244 g/mol. The molecule has 1 atom stereocenters. The molecular formula is C15H22O4. The maximum atomic E-state index is 10.2. The molecule has 0 radical (unpaired) electrons. The zero-order valence-electron chi connectivity index (χ0n) is 11.4. The minimum atomic E-state index is -0.532. The summed E-state index contributed by atoms with van der Waals surface area (Å²) < 4.78 is 16.0. The maximum Gasteiger partial charge on any atom is 0.128 e. The smallest absolute Gasteiger partial charge is 0.128 e. The van der Waals surface area contributed by atoms with Gasteiger partial charge in [-0.2, -0.15) is 0 Å². The van der Waals surface area contributed by atoms with E-state index in [9.17, 15) is 5.11 Å². The molecule has 0 saturated carbocycles. The molecule has 0 spiro atoms. The average Bonchev–Trinajstić information content (AvgIpc) is 2.46. The second-order valence-electron chi connectivity index (χ2n) is 4.70. The van der Waals surface area contributed by atoms with E-state index in [-0.39, 0.29) is 0 Å².